The topological polar surface area (TPSA) is 12.0 Å². The summed E-state index contributed by atoms with van der Waals surface area (Å²) in [6.07, 6.45) is -0.258. The maximum atomic E-state index is 12.5. The van der Waals surface area contributed by atoms with Crippen molar-refractivity contribution in [3.8, 4) is 0 Å². The fraction of sp³-hybridized carbons (Fsp3) is 0.500. The Kier molecular flexibility index (Phi) is 5.16. The van der Waals surface area contributed by atoms with Crippen LogP contribution in [0.15, 0.2) is 24.3 Å². The van der Waals surface area contributed by atoms with Gasteiger partial charge in [0.25, 0.3) is 6.43 Å². The van der Waals surface area contributed by atoms with Crippen molar-refractivity contribution in [2.45, 2.75) is 25.2 Å². The molecule has 0 bridgehead atoms. The molecule has 1 aliphatic rings. The fourth-order valence-electron chi connectivity index (χ4n) is 2.10. The Morgan fingerprint density at radius 3 is 2.50 bits per heavy atom. The Morgan fingerprint density at radius 2 is 1.88 bits per heavy atom. The highest BCUT2D eigenvalue weighted by atomic mass is 35.5. The Labute approximate surface area is 101 Å². The third kappa shape index (κ3) is 3.16. The summed E-state index contributed by atoms with van der Waals surface area (Å²) in [5.74, 6) is 0.449. The van der Waals surface area contributed by atoms with E-state index in [2.05, 4.69) is 5.32 Å². The van der Waals surface area contributed by atoms with Crippen LogP contribution in [0.3, 0.4) is 0 Å². The lowest BCUT2D eigenvalue weighted by atomic mass is 9.89. The van der Waals surface area contributed by atoms with Crippen molar-refractivity contribution in [3.05, 3.63) is 35.4 Å². The summed E-state index contributed by atoms with van der Waals surface area (Å²) in [5.41, 5.74) is 1.21. The number of alkyl halides is 2. The van der Waals surface area contributed by atoms with E-state index in [-0.39, 0.29) is 18.0 Å². The summed E-state index contributed by atoms with van der Waals surface area (Å²) in [6, 6.07) is 6.84. The largest absolute Gasteiger partial charge is 0.317 e. The minimum Gasteiger partial charge on any atom is -0.317 e. The first-order valence-corrected chi connectivity index (χ1v) is 5.36. The van der Waals surface area contributed by atoms with Crippen LogP contribution in [0.2, 0.25) is 0 Å². The molecule has 1 heterocycles. The van der Waals surface area contributed by atoms with E-state index in [1.165, 1.54) is 6.07 Å². The zero-order valence-electron chi connectivity index (χ0n) is 8.96. The van der Waals surface area contributed by atoms with Crippen LogP contribution in [-0.2, 0) is 0 Å². The molecule has 2 rings (SSSR count). The van der Waals surface area contributed by atoms with Gasteiger partial charge in [0.2, 0.25) is 0 Å². The molecule has 0 unspecified atom stereocenters. The standard InChI is InChI=1S/C12H15F2N.ClH/c13-12(14)11-3-1-2-10(8-11)9-4-6-15-7-5-9;/h1-3,8-9,12,15H,4-7H2;1H. The Morgan fingerprint density at radius 1 is 1.19 bits per heavy atom. The molecule has 0 spiro atoms. The van der Waals surface area contributed by atoms with E-state index in [1.54, 1.807) is 12.1 Å². The second-order valence-electron chi connectivity index (χ2n) is 4.00. The van der Waals surface area contributed by atoms with Gasteiger partial charge in [0, 0.05) is 5.56 Å². The molecular weight excluding hydrogens is 232 g/mol. The summed E-state index contributed by atoms with van der Waals surface area (Å²) in [7, 11) is 0. The van der Waals surface area contributed by atoms with Gasteiger partial charge < -0.3 is 5.32 Å². The summed E-state index contributed by atoms with van der Waals surface area (Å²) in [5, 5.41) is 3.27. The monoisotopic (exact) mass is 247 g/mol. The minimum absolute atomic E-state index is 0. The number of rotatable bonds is 2. The summed E-state index contributed by atoms with van der Waals surface area (Å²) in [4.78, 5) is 0. The van der Waals surface area contributed by atoms with Crippen molar-refractivity contribution in [1.29, 1.82) is 0 Å². The predicted octanol–water partition coefficient (Wildman–Crippen LogP) is 3.51. The number of benzene rings is 1. The van der Waals surface area contributed by atoms with Crippen LogP contribution in [-0.4, -0.2) is 13.1 Å². The molecule has 0 aliphatic carbocycles. The van der Waals surface area contributed by atoms with Crippen molar-refractivity contribution in [1.82, 2.24) is 5.32 Å². The van der Waals surface area contributed by atoms with Gasteiger partial charge in [0.1, 0.15) is 0 Å². The maximum absolute atomic E-state index is 12.5. The molecule has 1 aliphatic heterocycles. The molecule has 1 N–H and O–H groups in total. The molecule has 1 aromatic rings. The number of hydrogen-bond donors (Lipinski definition) is 1. The molecule has 0 amide bonds. The number of nitrogens with one attached hydrogen (secondary N) is 1. The van der Waals surface area contributed by atoms with Crippen molar-refractivity contribution in [2.75, 3.05) is 13.1 Å². The molecule has 90 valence electrons. The van der Waals surface area contributed by atoms with Gasteiger partial charge in [-0.3, -0.25) is 0 Å². The van der Waals surface area contributed by atoms with Gasteiger partial charge in [-0.25, -0.2) is 8.78 Å². The second-order valence-corrected chi connectivity index (χ2v) is 4.00. The molecule has 0 aromatic heterocycles. The average molecular weight is 248 g/mol. The van der Waals surface area contributed by atoms with Gasteiger partial charge in [0.05, 0.1) is 0 Å². The average Bonchev–Trinajstić information content (AvgIpc) is 2.30. The molecule has 1 saturated heterocycles. The van der Waals surface area contributed by atoms with Crippen LogP contribution in [0.5, 0.6) is 0 Å². The first kappa shape index (κ1) is 13.4. The zero-order valence-corrected chi connectivity index (χ0v) is 9.77. The lowest BCUT2D eigenvalue weighted by Crippen LogP contribution is -2.26. The minimum atomic E-state index is -2.35. The van der Waals surface area contributed by atoms with Crippen molar-refractivity contribution in [2.24, 2.45) is 0 Å². The lowest BCUT2D eigenvalue weighted by molar-refractivity contribution is 0.151. The van der Waals surface area contributed by atoms with Crippen LogP contribution >= 0.6 is 12.4 Å². The van der Waals surface area contributed by atoms with E-state index in [0.29, 0.717) is 5.92 Å². The van der Waals surface area contributed by atoms with Crippen molar-refractivity contribution >= 4 is 12.4 Å². The molecule has 16 heavy (non-hydrogen) atoms. The van der Waals surface area contributed by atoms with Crippen LogP contribution in [0.1, 0.15) is 36.3 Å². The predicted molar refractivity (Wildman–Crippen MR) is 63.5 cm³/mol. The molecule has 0 saturated carbocycles. The molecular formula is C12H16ClF2N. The summed E-state index contributed by atoms with van der Waals surface area (Å²) < 4.78 is 25.0. The van der Waals surface area contributed by atoms with Crippen LogP contribution in [0, 0.1) is 0 Å². The van der Waals surface area contributed by atoms with E-state index in [4.69, 9.17) is 0 Å². The highest BCUT2D eigenvalue weighted by molar-refractivity contribution is 5.85. The fourth-order valence-corrected chi connectivity index (χ4v) is 2.10. The van der Waals surface area contributed by atoms with Crippen molar-refractivity contribution in [3.63, 3.8) is 0 Å². The number of halogens is 3. The highest BCUT2D eigenvalue weighted by Crippen LogP contribution is 2.28. The molecule has 0 atom stereocenters. The first-order valence-electron chi connectivity index (χ1n) is 5.36. The molecule has 1 nitrogen and oxygen atoms in total. The SMILES string of the molecule is Cl.FC(F)c1cccc(C2CCNCC2)c1. The highest BCUT2D eigenvalue weighted by Gasteiger charge is 2.16. The smallest absolute Gasteiger partial charge is 0.263 e. The van der Waals surface area contributed by atoms with Crippen molar-refractivity contribution < 1.29 is 8.78 Å². The van der Waals surface area contributed by atoms with Gasteiger partial charge in [0.15, 0.2) is 0 Å². The number of hydrogen-bond acceptors (Lipinski definition) is 1. The summed E-state index contributed by atoms with van der Waals surface area (Å²) >= 11 is 0. The van der Waals surface area contributed by atoms with Crippen LogP contribution < -0.4 is 5.32 Å². The Bertz CT molecular complexity index is 325. The van der Waals surface area contributed by atoms with Gasteiger partial charge in [-0.05, 0) is 43.5 Å². The van der Waals surface area contributed by atoms with E-state index in [9.17, 15) is 8.78 Å². The lowest BCUT2D eigenvalue weighted by Gasteiger charge is -2.23. The maximum Gasteiger partial charge on any atom is 0.263 e. The van der Waals surface area contributed by atoms with E-state index in [1.807, 2.05) is 6.07 Å². The van der Waals surface area contributed by atoms with Gasteiger partial charge in [-0.15, -0.1) is 12.4 Å². The molecule has 1 fully saturated rings. The second kappa shape index (κ2) is 6.16. The zero-order chi connectivity index (χ0) is 10.7. The Hall–Kier alpha value is -0.670. The van der Waals surface area contributed by atoms with E-state index >= 15 is 0 Å². The van der Waals surface area contributed by atoms with Gasteiger partial charge in [-0.2, -0.15) is 0 Å². The molecule has 1 aromatic carbocycles. The Balaban J connectivity index is 0.00000128. The van der Waals surface area contributed by atoms with E-state index < -0.39 is 6.43 Å². The van der Waals surface area contributed by atoms with E-state index in [0.717, 1.165) is 31.5 Å². The third-order valence-electron chi connectivity index (χ3n) is 2.97. The van der Waals surface area contributed by atoms with Gasteiger partial charge >= 0.3 is 0 Å². The number of piperidine rings is 1. The van der Waals surface area contributed by atoms with Gasteiger partial charge in [-0.1, -0.05) is 18.2 Å². The quantitative estimate of drug-likeness (QED) is 0.843. The first-order chi connectivity index (χ1) is 7.27. The van der Waals surface area contributed by atoms with Crippen LogP contribution in [0.4, 0.5) is 8.78 Å². The molecule has 0 radical (unpaired) electrons. The molecule has 4 heteroatoms. The van der Waals surface area contributed by atoms with Crippen LogP contribution in [0.25, 0.3) is 0 Å². The summed E-state index contributed by atoms with van der Waals surface area (Å²) in [6.45, 7) is 1.98. The third-order valence-corrected chi connectivity index (χ3v) is 2.97. The normalized spacial score (nSPS) is 17.2.